The van der Waals surface area contributed by atoms with Crippen molar-refractivity contribution in [2.75, 3.05) is 6.61 Å². The Morgan fingerprint density at radius 1 is 0.571 bits per heavy atom. The highest BCUT2D eigenvalue weighted by atomic mass is 16.6. The first-order valence-corrected chi connectivity index (χ1v) is 14.1. The van der Waals surface area contributed by atoms with Crippen LogP contribution in [-0.4, -0.2) is 31.0 Å². The Kier molecular flexibility index (Phi) is 10.9. The second-order valence-corrected chi connectivity index (χ2v) is 10.1. The van der Waals surface area contributed by atoms with Gasteiger partial charge in [-0.2, -0.15) is 5.26 Å². The molecular weight excluding hydrogens is 526 g/mol. The monoisotopic (exact) mass is 561 g/mol. The number of nitriles is 1. The van der Waals surface area contributed by atoms with Gasteiger partial charge in [-0.3, -0.25) is 0 Å². The van der Waals surface area contributed by atoms with E-state index in [-0.39, 0.29) is 6.61 Å². The van der Waals surface area contributed by atoms with Crippen molar-refractivity contribution < 1.29 is 23.7 Å². The summed E-state index contributed by atoms with van der Waals surface area (Å²) in [5.74, 6) is 0.402. The van der Waals surface area contributed by atoms with Crippen molar-refractivity contribution in [2.45, 2.75) is 50.8 Å². The molecule has 0 unspecified atom stereocenters. The first-order chi connectivity index (χ1) is 20.8. The first kappa shape index (κ1) is 29.2. The van der Waals surface area contributed by atoms with Crippen molar-refractivity contribution in [1.29, 1.82) is 5.26 Å². The normalized spacial score (nSPS) is 21.0. The molecule has 1 heterocycles. The zero-order valence-electron chi connectivity index (χ0n) is 23.5. The molecule has 0 radical (unpaired) electrons. The molecule has 1 fully saturated rings. The van der Waals surface area contributed by atoms with Gasteiger partial charge in [-0.1, -0.05) is 121 Å². The number of hydrogen-bond donors (Lipinski definition) is 0. The maximum atomic E-state index is 9.68. The topological polar surface area (TPSA) is 69.9 Å². The predicted octanol–water partition coefficient (Wildman–Crippen LogP) is 6.77. The van der Waals surface area contributed by atoms with Crippen LogP contribution in [0.2, 0.25) is 0 Å². The Hall–Kier alpha value is -4.25. The summed E-state index contributed by atoms with van der Waals surface area (Å²) in [4.78, 5) is 0. The summed E-state index contributed by atoms with van der Waals surface area (Å²) in [7, 11) is 0. The maximum absolute atomic E-state index is 9.68. The molecule has 0 aliphatic carbocycles. The molecule has 0 bridgehead atoms. The van der Waals surface area contributed by atoms with E-state index in [0.29, 0.717) is 32.2 Å². The molecule has 0 N–H and O–H groups in total. The van der Waals surface area contributed by atoms with Crippen LogP contribution >= 0.6 is 0 Å². The molecule has 1 saturated heterocycles. The lowest BCUT2D eigenvalue weighted by Crippen LogP contribution is -2.56. The number of benzene rings is 4. The van der Waals surface area contributed by atoms with Crippen LogP contribution in [0.5, 0.6) is 0 Å². The minimum atomic E-state index is -0.667. The summed E-state index contributed by atoms with van der Waals surface area (Å²) in [6.07, 6.45) is -0.918. The lowest BCUT2D eigenvalue weighted by molar-refractivity contribution is -0.223. The van der Waals surface area contributed by atoms with Crippen molar-refractivity contribution in [1.82, 2.24) is 0 Å². The van der Waals surface area contributed by atoms with Gasteiger partial charge in [0.1, 0.15) is 24.1 Å². The average molecular weight is 562 g/mol. The third kappa shape index (κ3) is 8.39. The van der Waals surface area contributed by atoms with Crippen LogP contribution in [-0.2, 0) is 50.1 Å². The van der Waals surface area contributed by atoms with Gasteiger partial charge in [0.25, 0.3) is 0 Å². The number of nitrogens with zero attached hydrogens (tertiary/aromatic N) is 1. The Labute approximate surface area is 247 Å². The molecule has 6 heteroatoms. The standard InChI is InChI=1S/C36H35NO5/c37-22-21-32-34(39-24-29-15-7-2-8-16-29)36(41-26-31-19-11-4-12-20-31)35(40-25-30-17-9-3-10-18-30)33(42-32)27-38-23-28-13-5-1-6-14-28/h1-21,33-36H,23-27H2/b32-21-/t33-,34+,35+,36-/m1/s1. The molecule has 4 atom stereocenters. The molecule has 5 rings (SSSR count). The van der Waals surface area contributed by atoms with Crippen LogP contribution < -0.4 is 0 Å². The number of hydrogen-bond acceptors (Lipinski definition) is 6. The zero-order valence-corrected chi connectivity index (χ0v) is 23.5. The third-order valence-electron chi connectivity index (χ3n) is 7.00. The average Bonchev–Trinajstić information content (AvgIpc) is 3.05. The lowest BCUT2D eigenvalue weighted by atomic mass is 9.96. The van der Waals surface area contributed by atoms with E-state index < -0.39 is 24.4 Å². The number of rotatable bonds is 13. The van der Waals surface area contributed by atoms with Crippen molar-refractivity contribution in [3.8, 4) is 6.07 Å². The Morgan fingerprint density at radius 2 is 1.00 bits per heavy atom. The van der Waals surface area contributed by atoms with Crippen LogP contribution in [0.25, 0.3) is 0 Å². The van der Waals surface area contributed by atoms with E-state index in [9.17, 15) is 5.26 Å². The van der Waals surface area contributed by atoms with Crippen molar-refractivity contribution in [3.63, 3.8) is 0 Å². The summed E-state index contributed by atoms with van der Waals surface area (Å²) < 4.78 is 32.2. The molecule has 1 aliphatic heterocycles. The fourth-order valence-corrected chi connectivity index (χ4v) is 4.89. The van der Waals surface area contributed by atoms with E-state index in [1.807, 2.05) is 121 Å². The van der Waals surface area contributed by atoms with Crippen LogP contribution in [0.15, 0.2) is 133 Å². The smallest absolute Gasteiger partial charge is 0.150 e. The molecule has 0 spiro atoms. The molecule has 0 saturated carbocycles. The van der Waals surface area contributed by atoms with Gasteiger partial charge >= 0.3 is 0 Å². The minimum absolute atomic E-state index is 0.244. The Bertz CT molecular complexity index is 1410. The van der Waals surface area contributed by atoms with Gasteiger partial charge in [0, 0.05) is 0 Å². The predicted molar refractivity (Wildman–Crippen MR) is 160 cm³/mol. The summed E-state index contributed by atoms with van der Waals surface area (Å²) >= 11 is 0. The Morgan fingerprint density at radius 3 is 1.48 bits per heavy atom. The molecular formula is C36H35NO5. The highest BCUT2D eigenvalue weighted by Gasteiger charge is 2.46. The summed E-state index contributed by atoms with van der Waals surface area (Å²) in [5, 5.41) is 9.68. The third-order valence-corrected chi connectivity index (χ3v) is 7.00. The highest BCUT2D eigenvalue weighted by molar-refractivity contribution is 5.21. The second-order valence-electron chi connectivity index (χ2n) is 10.1. The van der Waals surface area contributed by atoms with Gasteiger partial charge in [0.2, 0.25) is 0 Å². The molecule has 42 heavy (non-hydrogen) atoms. The molecule has 0 aromatic heterocycles. The Balaban J connectivity index is 1.42. The van der Waals surface area contributed by atoms with Gasteiger partial charge in [-0.15, -0.1) is 0 Å². The maximum Gasteiger partial charge on any atom is 0.150 e. The lowest BCUT2D eigenvalue weighted by Gasteiger charge is -2.43. The van der Waals surface area contributed by atoms with E-state index in [4.69, 9.17) is 23.7 Å². The summed E-state index contributed by atoms with van der Waals surface area (Å²) in [5.41, 5.74) is 4.12. The van der Waals surface area contributed by atoms with E-state index in [1.54, 1.807) is 0 Å². The van der Waals surface area contributed by atoms with Gasteiger partial charge < -0.3 is 23.7 Å². The highest BCUT2D eigenvalue weighted by Crippen LogP contribution is 2.33. The minimum Gasteiger partial charge on any atom is -0.486 e. The molecule has 4 aromatic carbocycles. The van der Waals surface area contributed by atoms with Crippen LogP contribution in [0.3, 0.4) is 0 Å². The van der Waals surface area contributed by atoms with Gasteiger partial charge in [-0.05, 0) is 22.3 Å². The van der Waals surface area contributed by atoms with Gasteiger partial charge in [0.15, 0.2) is 6.10 Å². The molecule has 214 valence electrons. The molecule has 0 amide bonds. The van der Waals surface area contributed by atoms with Gasteiger partial charge in [0.05, 0.1) is 45.2 Å². The van der Waals surface area contributed by atoms with Crippen LogP contribution in [0.1, 0.15) is 22.3 Å². The molecule has 4 aromatic rings. The quantitative estimate of drug-likeness (QED) is 0.168. The van der Waals surface area contributed by atoms with E-state index in [0.717, 1.165) is 22.3 Å². The number of allylic oxidation sites excluding steroid dienone is 1. The summed E-state index contributed by atoms with van der Waals surface area (Å²) in [6.45, 7) is 1.70. The van der Waals surface area contributed by atoms with Crippen LogP contribution in [0, 0.1) is 11.3 Å². The molecule has 1 aliphatic rings. The number of ether oxygens (including phenoxy) is 5. The first-order valence-electron chi connectivity index (χ1n) is 14.1. The van der Waals surface area contributed by atoms with Crippen molar-refractivity contribution >= 4 is 0 Å². The largest absolute Gasteiger partial charge is 0.486 e. The zero-order chi connectivity index (χ0) is 28.8. The molecule has 6 nitrogen and oxygen atoms in total. The van der Waals surface area contributed by atoms with Crippen LogP contribution in [0.4, 0.5) is 0 Å². The SMILES string of the molecule is N#C/C=C1\O[C@H](COCc2ccccc2)[C@H](OCc2ccccc2)[C@H](OCc2ccccc2)[C@H]1OCc1ccccc1. The van der Waals surface area contributed by atoms with E-state index in [2.05, 4.69) is 6.07 Å². The van der Waals surface area contributed by atoms with Crippen molar-refractivity contribution in [2.24, 2.45) is 0 Å². The summed E-state index contributed by atoms with van der Waals surface area (Å²) in [6, 6.07) is 42.0. The second kappa shape index (κ2) is 15.7. The van der Waals surface area contributed by atoms with E-state index >= 15 is 0 Å². The van der Waals surface area contributed by atoms with Gasteiger partial charge in [-0.25, -0.2) is 0 Å². The van der Waals surface area contributed by atoms with E-state index in [1.165, 1.54) is 6.08 Å². The fraction of sp³-hybridized carbons (Fsp3) is 0.250. The van der Waals surface area contributed by atoms with Crippen molar-refractivity contribution in [3.05, 3.63) is 155 Å². The fourth-order valence-electron chi connectivity index (χ4n) is 4.89.